The molecule has 2 amide bonds. The van der Waals surface area contributed by atoms with Crippen molar-refractivity contribution in [1.29, 1.82) is 0 Å². The fourth-order valence-corrected chi connectivity index (χ4v) is 2.76. The number of aliphatic hydroxyl groups excluding tert-OH is 1. The Morgan fingerprint density at radius 3 is 2.46 bits per heavy atom. The molecule has 24 heavy (non-hydrogen) atoms. The maximum Gasteiger partial charge on any atom is 0.261 e. The maximum atomic E-state index is 12.3. The van der Waals surface area contributed by atoms with Crippen molar-refractivity contribution in [2.24, 2.45) is 0 Å². The van der Waals surface area contributed by atoms with Gasteiger partial charge < -0.3 is 9.84 Å². The molecule has 1 aliphatic heterocycles. The Labute approximate surface area is 138 Å². The van der Waals surface area contributed by atoms with Gasteiger partial charge in [0, 0.05) is 20.2 Å². The average molecular weight is 330 g/mol. The lowest BCUT2D eigenvalue weighted by atomic mass is 10.1. The molecule has 1 aromatic heterocycles. The number of carbonyl (C=O) groups is 2. The molecule has 0 radical (unpaired) electrons. The SMILES string of the molecule is COCC(O)c1cnnn1CCCN1C(=O)c2ccccc2C1=O. The van der Waals surface area contributed by atoms with Crippen molar-refractivity contribution in [3.63, 3.8) is 0 Å². The minimum absolute atomic E-state index is 0.145. The summed E-state index contributed by atoms with van der Waals surface area (Å²) in [6.07, 6.45) is 1.18. The third-order valence-electron chi connectivity index (χ3n) is 3.94. The third kappa shape index (κ3) is 2.93. The van der Waals surface area contributed by atoms with Crippen LogP contribution < -0.4 is 0 Å². The van der Waals surface area contributed by atoms with E-state index in [9.17, 15) is 14.7 Å². The number of methoxy groups -OCH3 is 1. The number of nitrogens with zero attached hydrogens (tertiary/aromatic N) is 4. The van der Waals surface area contributed by atoms with Crippen molar-refractivity contribution in [3.8, 4) is 0 Å². The second-order valence-corrected chi connectivity index (χ2v) is 5.51. The summed E-state index contributed by atoms with van der Waals surface area (Å²) in [5.41, 5.74) is 1.43. The van der Waals surface area contributed by atoms with Crippen LogP contribution in [0, 0.1) is 0 Å². The standard InChI is InChI=1S/C16H18N4O4/c1-24-10-14(21)13-9-17-18-20(13)8-4-7-19-15(22)11-5-2-3-6-12(11)16(19)23/h2-3,5-6,9,14,21H,4,7-8,10H2,1H3. The Kier molecular flexibility index (Phi) is 4.68. The maximum absolute atomic E-state index is 12.3. The summed E-state index contributed by atoms with van der Waals surface area (Å²) in [6, 6.07) is 6.80. The van der Waals surface area contributed by atoms with Gasteiger partial charge in [0.05, 0.1) is 29.6 Å². The number of hydrogen-bond donors (Lipinski definition) is 1. The van der Waals surface area contributed by atoms with Gasteiger partial charge in [-0.1, -0.05) is 17.3 Å². The number of amides is 2. The largest absolute Gasteiger partial charge is 0.384 e. The van der Waals surface area contributed by atoms with E-state index in [4.69, 9.17) is 4.74 Å². The molecule has 3 rings (SSSR count). The zero-order chi connectivity index (χ0) is 17.1. The first-order chi connectivity index (χ1) is 11.6. The van der Waals surface area contributed by atoms with E-state index in [1.807, 2.05) is 0 Å². The first kappa shape index (κ1) is 16.3. The molecular weight excluding hydrogens is 312 g/mol. The first-order valence-corrected chi connectivity index (χ1v) is 7.64. The summed E-state index contributed by atoms with van der Waals surface area (Å²) in [7, 11) is 1.50. The molecule has 126 valence electrons. The molecule has 1 atom stereocenters. The monoisotopic (exact) mass is 330 g/mol. The van der Waals surface area contributed by atoms with Crippen LogP contribution in [0.1, 0.15) is 38.9 Å². The number of benzene rings is 1. The van der Waals surface area contributed by atoms with E-state index in [-0.39, 0.29) is 25.0 Å². The van der Waals surface area contributed by atoms with Gasteiger partial charge in [0.15, 0.2) is 0 Å². The van der Waals surface area contributed by atoms with Crippen LogP contribution in [-0.2, 0) is 11.3 Å². The Bertz CT molecular complexity index is 723. The lowest BCUT2D eigenvalue weighted by Gasteiger charge is -2.15. The van der Waals surface area contributed by atoms with Gasteiger partial charge in [-0.05, 0) is 18.6 Å². The number of aliphatic hydroxyl groups is 1. The Morgan fingerprint density at radius 1 is 1.17 bits per heavy atom. The minimum atomic E-state index is -0.815. The highest BCUT2D eigenvalue weighted by Crippen LogP contribution is 2.22. The van der Waals surface area contributed by atoms with Gasteiger partial charge >= 0.3 is 0 Å². The molecule has 1 N–H and O–H groups in total. The number of fused-ring (bicyclic) bond motifs is 1. The van der Waals surface area contributed by atoms with Crippen molar-refractivity contribution in [2.45, 2.75) is 19.1 Å². The van der Waals surface area contributed by atoms with Gasteiger partial charge in [-0.25, -0.2) is 4.68 Å². The van der Waals surface area contributed by atoms with Crippen LogP contribution in [0.3, 0.4) is 0 Å². The first-order valence-electron chi connectivity index (χ1n) is 7.64. The predicted molar refractivity (Wildman–Crippen MR) is 83.3 cm³/mol. The Morgan fingerprint density at radius 2 is 1.83 bits per heavy atom. The summed E-state index contributed by atoms with van der Waals surface area (Å²) in [5.74, 6) is -0.539. The van der Waals surface area contributed by atoms with Crippen LogP contribution in [0.25, 0.3) is 0 Å². The zero-order valence-corrected chi connectivity index (χ0v) is 13.3. The topological polar surface area (TPSA) is 97.6 Å². The van der Waals surface area contributed by atoms with E-state index in [0.717, 1.165) is 0 Å². The smallest absolute Gasteiger partial charge is 0.261 e. The molecule has 1 unspecified atom stereocenters. The zero-order valence-electron chi connectivity index (χ0n) is 13.3. The van der Waals surface area contributed by atoms with Gasteiger partial charge in [0.2, 0.25) is 0 Å². The number of hydrogen-bond acceptors (Lipinski definition) is 6. The van der Waals surface area contributed by atoms with Crippen molar-refractivity contribution in [2.75, 3.05) is 20.3 Å². The van der Waals surface area contributed by atoms with Crippen molar-refractivity contribution in [1.82, 2.24) is 19.9 Å². The Balaban J connectivity index is 1.61. The molecule has 0 saturated carbocycles. The third-order valence-corrected chi connectivity index (χ3v) is 3.94. The highest BCUT2D eigenvalue weighted by atomic mass is 16.5. The normalized spacial score (nSPS) is 15.0. The summed E-state index contributed by atoms with van der Waals surface area (Å²) in [5, 5.41) is 17.7. The fourth-order valence-electron chi connectivity index (χ4n) is 2.76. The van der Waals surface area contributed by atoms with Gasteiger partial charge in [0.1, 0.15) is 6.10 Å². The lowest BCUT2D eigenvalue weighted by molar-refractivity contribution is 0.0577. The number of aromatic nitrogens is 3. The van der Waals surface area contributed by atoms with E-state index in [0.29, 0.717) is 29.8 Å². The molecule has 8 heteroatoms. The molecule has 0 aliphatic carbocycles. The number of aryl methyl sites for hydroxylation is 1. The molecule has 8 nitrogen and oxygen atoms in total. The van der Waals surface area contributed by atoms with Crippen LogP contribution in [0.5, 0.6) is 0 Å². The summed E-state index contributed by atoms with van der Waals surface area (Å²) in [6.45, 7) is 0.862. The predicted octanol–water partition coefficient (Wildman–Crippen LogP) is 0.644. The second-order valence-electron chi connectivity index (χ2n) is 5.51. The van der Waals surface area contributed by atoms with E-state index < -0.39 is 6.10 Å². The van der Waals surface area contributed by atoms with Gasteiger partial charge in [-0.15, -0.1) is 5.10 Å². The quantitative estimate of drug-likeness (QED) is 0.748. The van der Waals surface area contributed by atoms with Crippen molar-refractivity contribution >= 4 is 11.8 Å². The molecule has 1 aliphatic rings. The van der Waals surface area contributed by atoms with Crippen molar-refractivity contribution in [3.05, 3.63) is 47.3 Å². The molecule has 0 bridgehead atoms. The van der Waals surface area contributed by atoms with Crippen LogP contribution >= 0.6 is 0 Å². The fraction of sp³-hybridized carbons (Fsp3) is 0.375. The van der Waals surface area contributed by atoms with E-state index >= 15 is 0 Å². The van der Waals surface area contributed by atoms with Crippen molar-refractivity contribution < 1.29 is 19.4 Å². The summed E-state index contributed by atoms with van der Waals surface area (Å²) >= 11 is 0. The number of carbonyl (C=O) groups excluding carboxylic acids is 2. The highest BCUT2D eigenvalue weighted by Gasteiger charge is 2.34. The molecular formula is C16H18N4O4. The molecule has 2 aromatic rings. The molecule has 0 fully saturated rings. The highest BCUT2D eigenvalue weighted by molar-refractivity contribution is 6.21. The van der Waals surface area contributed by atoms with Crippen LogP contribution in [0.2, 0.25) is 0 Å². The minimum Gasteiger partial charge on any atom is -0.384 e. The Hall–Kier alpha value is -2.58. The van der Waals surface area contributed by atoms with E-state index in [2.05, 4.69) is 10.3 Å². The van der Waals surface area contributed by atoms with E-state index in [1.165, 1.54) is 18.2 Å². The number of imide groups is 1. The molecule has 0 saturated heterocycles. The van der Waals surface area contributed by atoms with Crippen LogP contribution in [0.4, 0.5) is 0 Å². The summed E-state index contributed by atoms with van der Waals surface area (Å²) in [4.78, 5) is 25.8. The number of ether oxygens (including phenoxy) is 1. The number of rotatable bonds is 7. The molecule has 1 aromatic carbocycles. The van der Waals surface area contributed by atoms with Crippen LogP contribution in [-0.4, -0.2) is 57.1 Å². The molecule has 2 heterocycles. The second kappa shape index (κ2) is 6.90. The van der Waals surface area contributed by atoms with E-state index in [1.54, 1.807) is 28.9 Å². The molecule has 0 spiro atoms. The lowest BCUT2D eigenvalue weighted by Crippen LogP contribution is -2.31. The van der Waals surface area contributed by atoms with Crippen LogP contribution in [0.15, 0.2) is 30.5 Å². The van der Waals surface area contributed by atoms with Gasteiger partial charge in [0.25, 0.3) is 11.8 Å². The van der Waals surface area contributed by atoms with Gasteiger partial charge in [-0.3, -0.25) is 14.5 Å². The average Bonchev–Trinajstić information content (AvgIpc) is 3.14. The summed E-state index contributed by atoms with van der Waals surface area (Å²) < 4.78 is 6.47. The van der Waals surface area contributed by atoms with Gasteiger partial charge in [-0.2, -0.15) is 0 Å².